The minimum Gasteiger partial charge on any atom is -0.493 e. The Morgan fingerprint density at radius 2 is 1.77 bits per heavy atom. The third-order valence-corrected chi connectivity index (χ3v) is 4.40. The summed E-state index contributed by atoms with van der Waals surface area (Å²) in [5.74, 6) is 1.16. The van der Waals surface area contributed by atoms with E-state index < -0.39 is 0 Å². The molecule has 1 atom stereocenters. The van der Waals surface area contributed by atoms with E-state index in [-0.39, 0.29) is 6.04 Å². The van der Waals surface area contributed by atoms with Gasteiger partial charge in [0.15, 0.2) is 11.5 Å². The summed E-state index contributed by atoms with van der Waals surface area (Å²) < 4.78 is 10.7. The highest BCUT2D eigenvalue weighted by molar-refractivity contribution is 6.32. The number of aromatic nitrogens is 1. The van der Waals surface area contributed by atoms with Gasteiger partial charge in [-0.15, -0.1) is 0 Å². The smallest absolute Gasteiger partial charge is 0.179 e. The van der Waals surface area contributed by atoms with E-state index in [0.29, 0.717) is 23.1 Å². The van der Waals surface area contributed by atoms with E-state index in [1.165, 1.54) is 0 Å². The highest BCUT2D eigenvalue weighted by Gasteiger charge is 2.16. The molecule has 3 aromatic rings. The van der Waals surface area contributed by atoms with Gasteiger partial charge in [0.1, 0.15) is 0 Å². The van der Waals surface area contributed by atoms with Crippen molar-refractivity contribution in [1.29, 1.82) is 0 Å². The number of halogens is 1. The molecule has 0 saturated heterocycles. The first-order valence-corrected chi connectivity index (χ1v) is 8.70. The van der Waals surface area contributed by atoms with Crippen molar-refractivity contribution in [3.8, 4) is 11.5 Å². The molecule has 134 valence electrons. The number of hydrogen-bond acceptors (Lipinski definition) is 4. The van der Waals surface area contributed by atoms with Crippen LogP contribution < -0.4 is 14.8 Å². The summed E-state index contributed by atoms with van der Waals surface area (Å²) >= 11 is 6.32. The van der Waals surface area contributed by atoms with Crippen LogP contribution in [-0.2, 0) is 6.54 Å². The molecule has 1 N–H and O–H groups in total. The van der Waals surface area contributed by atoms with Crippen LogP contribution in [0.5, 0.6) is 11.5 Å². The molecule has 0 aliphatic heterocycles. The zero-order valence-electron chi connectivity index (χ0n) is 14.8. The molecule has 3 rings (SSSR count). The molecule has 0 bridgehead atoms. The summed E-state index contributed by atoms with van der Waals surface area (Å²) in [6.45, 7) is 0.607. The van der Waals surface area contributed by atoms with Gasteiger partial charge in [-0.3, -0.25) is 4.98 Å². The Kier molecular flexibility index (Phi) is 6.10. The molecular weight excluding hydrogens is 348 g/mol. The van der Waals surface area contributed by atoms with Crippen LogP contribution in [0.2, 0.25) is 5.02 Å². The molecule has 2 aromatic carbocycles. The van der Waals surface area contributed by atoms with E-state index in [1.54, 1.807) is 20.4 Å². The fourth-order valence-electron chi connectivity index (χ4n) is 2.88. The number of rotatable bonds is 7. The van der Waals surface area contributed by atoms with Crippen LogP contribution in [0.15, 0.2) is 66.9 Å². The predicted molar refractivity (Wildman–Crippen MR) is 104 cm³/mol. The van der Waals surface area contributed by atoms with Gasteiger partial charge < -0.3 is 14.8 Å². The van der Waals surface area contributed by atoms with Crippen molar-refractivity contribution in [3.05, 3.63) is 88.7 Å². The largest absolute Gasteiger partial charge is 0.493 e. The van der Waals surface area contributed by atoms with Crippen LogP contribution in [-0.4, -0.2) is 19.2 Å². The third-order valence-electron chi connectivity index (χ3n) is 4.12. The van der Waals surface area contributed by atoms with Crippen molar-refractivity contribution in [1.82, 2.24) is 10.3 Å². The van der Waals surface area contributed by atoms with Gasteiger partial charge in [0.05, 0.1) is 31.0 Å². The van der Waals surface area contributed by atoms with Crippen molar-refractivity contribution >= 4 is 11.6 Å². The summed E-state index contributed by atoms with van der Waals surface area (Å²) in [7, 11) is 3.18. The van der Waals surface area contributed by atoms with Gasteiger partial charge in [-0.1, -0.05) is 48.0 Å². The SMILES string of the molecule is COc1cc(CN[C@@H](c2ccccc2)c2ccccn2)cc(Cl)c1OC. The van der Waals surface area contributed by atoms with Crippen LogP contribution in [0.25, 0.3) is 0 Å². The third kappa shape index (κ3) is 4.15. The van der Waals surface area contributed by atoms with Crippen molar-refractivity contribution in [3.63, 3.8) is 0 Å². The molecule has 5 heteroatoms. The Balaban J connectivity index is 1.86. The van der Waals surface area contributed by atoms with E-state index in [1.807, 2.05) is 48.5 Å². The summed E-state index contributed by atoms with van der Waals surface area (Å²) in [6.07, 6.45) is 1.81. The van der Waals surface area contributed by atoms with Crippen LogP contribution in [0, 0.1) is 0 Å². The van der Waals surface area contributed by atoms with Gasteiger partial charge >= 0.3 is 0 Å². The van der Waals surface area contributed by atoms with E-state index in [2.05, 4.69) is 22.4 Å². The Hall–Kier alpha value is -2.56. The average Bonchev–Trinajstić information content (AvgIpc) is 2.69. The highest BCUT2D eigenvalue weighted by atomic mass is 35.5. The molecule has 1 aromatic heterocycles. The highest BCUT2D eigenvalue weighted by Crippen LogP contribution is 2.36. The zero-order valence-corrected chi connectivity index (χ0v) is 15.5. The lowest BCUT2D eigenvalue weighted by Crippen LogP contribution is -2.23. The van der Waals surface area contributed by atoms with Gasteiger partial charge in [0, 0.05) is 12.7 Å². The zero-order chi connectivity index (χ0) is 18.4. The number of nitrogens with one attached hydrogen (secondary N) is 1. The molecule has 0 radical (unpaired) electrons. The van der Waals surface area contributed by atoms with Crippen molar-refractivity contribution < 1.29 is 9.47 Å². The van der Waals surface area contributed by atoms with Gasteiger partial charge in [-0.25, -0.2) is 0 Å². The fraction of sp³-hybridized carbons (Fsp3) is 0.190. The first-order chi connectivity index (χ1) is 12.7. The summed E-state index contributed by atoms with van der Waals surface area (Å²) in [5.41, 5.74) is 3.12. The lowest BCUT2D eigenvalue weighted by molar-refractivity contribution is 0.354. The van der Waals surface area contributed by atoms with Gasteiger partial charge in [0.25, 0.3) is 0 Å². The molecule has 0 saturated carbocycles. The Bertz CT molecular complexity index is 802. The second-order valence-electron chi connectivity index (χ2n) is 5.79. The summed E-state index contributed by atoms with van der Waals surface area (Å²) in [5, 5.41) is 4.09. The lowest BCUT2D eigenvalue weighted by Gasteiger charge is -2.20. The number of benzene rings is 2. The number of hydrogen-bond donors (Lipinski definition) is 1. The number of pyridine rings is 1. The maximum absolute atomic E-state index is 6.32. The minimum atomic E-state index is -0.0238. The van der Waals surface area contributed by atoms with Crippen LogP contribution in [0.1, 0.15) is 22.9 Å². The normalized spacial score (nSPS) is 11.8. The Morgan fingerprint density at radius 3 is 2.42 bits per heavy atom. The standard InChI is InChI=1S/C21H21ClN2O2/c1-25-19-13-15(12-17(22)21(19)26-2)14-24-20(16-8-4-3-5-9-16)18-10-6-7-11-23-18/h3-13,20,24H,14H2,1-2H3/t20-/m0/s1. The topological polar surface area (TPSA) is 43.4 Å². The van der Waals surface area contributed by atoms with Crippen molar-refractivity contribution in [2.75, 3.05) is 14.2 Å². The Labute approximate surface area is 158 Å². The van der Waals surface area contributed by atoms with Gasteiger partial charge in [0.2, 0.25) is 0 Å². The molecule has 0 amide bonds. The minimum absolute atomic E-state index is 0.0238. The predicted octanol–water partition coefficient (Wildman–Crippen LogP) is 4.63. The maximum Gasteiger partial charge on any atom is 0.179 e. The van der Waals surface area contributed by atoms with Gasteiger partial charge in [-0.05, 0) is 35.4 Å². The molecular formula is C21H21ClN2O2. The van der Waals surface area contributed by atoms with Crippen LogP contribution >= 0.6 is 11.6 Å². The second kappa shape index (κ2) is 8.70. The van der Waals surface area contributed by atoms with E-state index >= 15 is 0 Å². The van der Waals surface area contributed by atoms with E-state index in [0.717, 1.165) is 16.8 Å². The summed E-state index contributed by atoms with van der Waals surface area (Å²) in [4.78, 5) is 4.51. The molecule has 26 heavy (non-hydrogen) atoms. The van der Waals surface area contributed by atoms with Gasteiger partial charge in [-0.2, -0.15) is 0 Å². The average molecular weight is 369 g/mol. The molecule has 0 spiro atoms. The van der Waals surface area contributed by atoms with Crippen LogP contribution in [0.3, 0.4) is 0 Å². The van der Waals surface area contributed by atoms with Crippen molar-refractivity contribution in [2.24, 2.45) is 0 Å². The molecule has 0 aliphatic rings. The quantitative estimate of drug-likeness (QED) is 0.660. The number of ether oxygens (including phenoxy) is 2. The van der Waals surface area contributed by atoms with Crippen LogP contribution in [0.4, 0.5) is 0 Å². The number of methoxy groups -OCH3 is 2. The Morgan fingerprint density at radius 1 is 1.00 bits per heavy atom. The maximum atomic E-state index is 6.32. The second-order valence-corrected chi connectivity index (χ2v) is 6.20. The lowest BCUT2D eigenvalue weighted by atomic mass is 10.0. The molecule has 0 aliphatic carbocycles. The number of nitrogens with zero attached hydrogens (tertiary/aromatic N) is 1. The van der Waals surface area contributed by atoms with E-state index in [4.69, 9.17) is 21.1 Å². The molecule has 0 fully saturated rings. The first kappa shape index (κ1) is 18.2. The molecule has 1 heterocycles. The fourth-order valence-corrected chi connectivity index (χ4v) is 3.19. The van der Waals surface area contributed by atoms with E-state index in [9.17, 15) is 0 Å². The van der Waals surface area contributed by atoms with Crippen molar-refractivity contribution in [2.45, 2.75) is 12.6 Å². The molecule has 0 unspecified atom stereocenters. The first-order valence-electron chi connectivity index (χ1n) is 8.32. The monoisotopic (exact) mass is 368 g/mol. The summed E-state index contributed by atoms with van der Waals surface area (Å²) in [6, 6.07) is 20.0. The molecule has 4 nitrogen and oxygen atoms in total.